The van der Waals surface area contributed by atoms with Crippen LogP contribution in [0.4, 0.5) is 0 Å². The monoisotopic (exact) mass is 394 g/mol. The zero-order valence-electron chi connectivity index (χ0n) is 13.6. The topological polar surface area (TPSA) is 61.8 Å². The second kappa shape index (κ2) is 8.59. The van der Waals surface area contributed by atoms with E-state index in [9.17, 15) is 9.90 Å². The molecule has 0 spiro atoms. The number of carbonyl (C=O) groups is 1. The van der Waals surface area contributed by atoms with Crippen LogP contribution in [0.3, 0.4) is 0 Å². The van der Waals surface area contributed by atoms with Crippen molar-refractivity contribution in [3.8, 4) is 5.75 Å². The molecule has 1 aliphatic rings. The van der Waals surface area contributed by atoms with E-state index in [0.717, 1.165) is 26.1 Å². The summed E-state index contributed by atoms with van der Waals surface area (Å²) >= 11 is 17.7. The maximum absolute atomic E-state index is 12.2. The van der Waals surface area contributed by atoms with Crippen molar-refractivity contribution in [1.29, 1.82) is 0 Å². The first-order valence-corrected chi connectivity index (χ1v) is 8.95. The average molecular weight is 396 g/mol. The van der Waals surface area contributed by atoms with Gasteiger partial charge >= 0.3 is 0 Å². The number of amides is 1. The van der Waals surface area contributed by atoms with Crippen LogP contribution >= 0.6 is 34.8 Å². The summed E-state index contributed by atoms with van der Waals surface area (Å²) in [6.45, 7) is 7.19. The lowest BCUT2D eigenvalue weighted by atomic mass is 10.1. The number of benzene rings is 1. The van der Waals surface area contributed by atoms with Crippen LogP contribution in [0, 0.1) is 0 Å². The molecule has 8 heteroatoms. The molecule has 1 fully saturated rings. The van der Waals surface area contributed by atoms with E-state index < -0.39 is 5.91 Å². The summed E-state index contributed by atoms with van der Waals surface area (Å²) in [4.78, 5) is 14.6. The van der Waals surface area contributed by atoms with Gasteiger partial charge in [-0.1, -0.05) is 34.8 Å². The number of nitrogens with one attached hydrogen (secondary N) is 1. The Bertz CT molecular complexity index is 576. The molecule has 0 saturated carbocycles. The Morgan fingerprint density at radius 3 is 2.54 bits per heavy atom. The molecule has 134 valence electrons. The van der Waals surface area contributed by atoms with Gasteiger partial charge in [0.1, 0.15) is 11.3 Å². The molecule has 1 aromatic rings. The number of aromatic hydroxyl groups is 1. The zero-order chi connectivity index (χ0) is 17.9. The molecule has 2 rings (SSSR count). The lowest BCUT2D eigenvalue weighted by Crippen LogP contribution is -2.46. The molecule has 0 aliphatic carbocycles. The van der Waals surface area contributed by atoms with Gasteiger partial charge in [-0.2, -0.15) is 0 Å². The second-order valence-electron chi connectivity index (χ2n) is 6.00. The van der Waals surface area contributed by atoms with Crippen molar-refractivity contribution >= 4 is 40.7 Å². The maximum Gasteiger partial charge on any atom is 0.256 e. The molecule has 0 aromatic heterocycles. The molecule has 1 aromatic carbocycles. The summed E-state index contributed by atoms with van der Waals surface area (Å²) in [5, 5.41) is 12.8. The molecule has 2 N–H and O–H groups in total. The van der Waals surface area contributed by atoms with Crippen LogP contribution in [0.15, 0.2) is 6.07 Å². The van der Waals surface area contributed by atoms with E-state index in [4.69, 9.17) is 39.5 Å². The number of phenolic OH excluding ortho intramolecular Hbond substituents is 1. The number of morpholine rings is 1. The van der Waals surface area contributed by atoms with Crippen LogP contribution in [0.1, 0.15) is 30.6 Å². The van der Waals surface area contributed by atoms with E-state index in [2.05, 4.69) is 24.1 Å². The Labute approximate surface area is 156 Å². The summed E-state index contributed by atoms with van der Waals surface area (Å²) in [7, 11) is 0. The first-order valence-electron chi connectivity index (χ1n) is 7.82. The van der Waals surface area contributed by atoms with Gasteiger partial charge in [0, 0.05) is 26.2 Å². The van der Waals surface area contributed by atoms with Gasteiger partial charge < -0.3 is 15.2 Å². The lowest BCUT2D eigenvalue weighted by molar-refractivity contribution is -0.0680. The average Bonchev–Trinajstić information content (AvgIpc) is 2.49. The lowest BCUT2D eigenvalue weighted by Gasteiger charge is -2.35. The van der Waals surface area contributed by atoms with Crippen molar-refractivity contribution < 1.29 is 14.6 Å². The van der Waals surface area contributed by atoms with E-state index in [0.29, 0.717) is 6.54 Å². The van der Waals surface area contributed by atoms with Crippen LogP contribution in [0.2, 0.25) is 15.1 Å². The summed E-state index contributed by atoms with van der Waals surface area (Å²) in [5.41, 5.74) is -0.0946. The van der Waals surface area contributed by atoms with Crippen molar-refractivity contribution in [2.24, 2.45) is 0 Å². The Morgan fingerprint density at radius 2 is 1.92 bits per heavy atom. The fourth-order valence-electron chi connectivity index (χ4n) is 2.85. The molecular weight excluding hydrogens is 375 g/mol. The number of ether oxygens (including phenoxy) is 1. The highest BCUT2D eigenvalue weighted by Crippen LogP contribution is 2.38. The molecule has 5 nitrogen and oxygen atoms in total. The van der Waals surface area contributed by atoms with Crippen molar-refractivity contribution in [2.75, 3.05) is 26.2 Å². The molecule has 1 heterocycles. The second-order valence-corrected chi connectivity index (χ2v) is 7.20. The quantitative estimate of drug-likeness (QED) is 0.591. The molecule has 1 aliphatic heterocycles. The molecule has 1 saturated heterocycles. The van der Waals surface area contributed by atoms with Crippen molar-refractivity contribution in [3.05, 3.63) is 26.7 Å². The third kappa shape index (κ3) is 4.90. The molecule has 24 heavy (non-hydrogen) atoms. The van der Waals surface area contributed by atoms with Crippen molar-refractivity contribution in [3.63, 3.8) is 0 Å². The van der Waals surface area contributed by atoms with Crippen LogP contribution in [0.5, 0.6) is 5.75 Å². The Morgan fingerprint density at radius 1 is 1.29 bits per heavy atom. The van der Waals surface area contributed by atoms with Gasteiger partial charge in [-0.05, 0) is 26.3 Å². The highest BCUT2D eigenvalue weighted by molar-refractivity contribution is 6.45. The van der Waals surface area contributed by atoms with Gasteiger partial charge in [0.15, 0.2) is 0 Å². The van der Waals surface area contributed by atoms with Gasteiger partial charge in [-0.3, -0.25) is 9.69 Å². The molecule has 0 bridgehead atoms. The number of hydrogen-bond acceptors (Lipinski definition) is 4. The first kappa shape index (κ1) is 19.6. The number of nitrogens with zero attached hydrogens (tertiary/aromatic N) is 1. The third-order valence-corrected chi connectivity index (χ3v) is 4.88. The number of rotatable bonds is 5. The highest BCUT2D eigenvalue weighted by atomic mass is 35.5. The molecule has 1 amide bonds. The van der Waals surface area contributed by atoms with Crippen molar-refractivity contribution in [2.45, 2.75) is 32.5 Å². The summed E-state index contributed by atoms with van der Waals surface area (Å²) < 4.78 is 5.69. The fraction of sp³-hybridized carbons (Fsp3) is 0.562. The van der Waals surface area contributed by atoms with Gasteiger partial charge in [-0.15, -0.1) is 0 Å². The van der Waals surface area contributed by atoms with E-state index in [1.54, 1.807) is 0 Å². The van der Waals surface area contributed by atoms with E-state index in [1.165, 1.54) is 6.07 Å². The van der Waals surface area contributed by atoms with Gasteiger partial charge in [0.2, 0.25) is 0 Å². The van der Waals surface area contributed by atoms with Crippen molar-refractivity contribution in [1.82, 2.24) is 10.2 Å². The van der Waals surface area contributed by atoms with Crippen LogP contribution in [-0.4, -0.2) is 54.3 Å². The minimum absolute atomic E-state index is 0.00750. The van der Waals surface area contributed by atoms with E-state index in [-0.39, 0.29) is 38.6 Å². The predicted octanol–water partition coefficient (Wildman–Crippen LogP) is 3.58. The van der Waals surface area contributed by atoms with E-state index >= 15 is 0 Å². The number of hydrogen-bond donors (Lipinski definition) is 2. The normalized spacial score (nSPS) is 21.7. The van der Waals surface area contributed by atoms with Gasteiger partial charge in [-0.25, -0.2) is 0 Å². The Hall–Kier alpha value is -0.720. The smallest absolute Gasteiger partial charge is 0.256 e. The maximum atomic E-state index is 12.2. The van der Waals surface area contributed by atoms with Crippen LogP contribution < -0.4 is 5.32 Å². The molecule has 2 unspecified atom stereocenters. The van der Waals surface area contributed by atoms with E-state index in [1.807, 2.05) is 0 Å². The largest absolute Gasteiger partial charge is 0.505 e. The fourth-order valence-corrected chi connectivity index (χ4v) is 3.55. The minimum atomic E-state index is -0.495. The Kier molecular flexibility index (Phi) is 7.01. The third-order valence-electron chi connectivity index (χ3n) is 3.80. The Balaban J connectivity index is 1.86. The van der Waals surface area contributed by atoms with Crippen LogP contribution in [0.25, 0.3) is 0 Å². The summed E-state index contributed by atoms with van der Waals surface area (Å²) in [5.74, 6) is -0.856. The number of halogens is 3. The van der Waals surface area contributed by atoms with Gasteiger partial charge in [0.05, 0.1) is 27.3 Å². The highest BCUT2D eigenvalue weighted by Gasteiger charge is 2.23. The predicted molar refractivity (Wildman–Crippen MR) is 96.5 cm³/mol. The summed E-state index contributed by atoms with van der Waals surface area (Å²) in [6, 6.07) is 1.30. The van der Waals surface area contributed by atoms with Gasteiger partial charge in [0.25, 0.3) is 5.91 Å². The number of carbonyl (C=O) groups excluding carboxylic acids is 1. The molecule has 2 atom stereocenters. The summed E-state index contributed by atoms with van der Waals surface area (Å²) in [6.07, 6.45) is 1.21. The first-order chi connectivity index (χ1) is 11.3. The standard InChI is InChI=1S/C16H21Cl3N2O3/c1-9-7-21(8-10(2)24-9)5-3-4-20-16(23)13-14(19)11(17)6-12(18)15(13)22/h6,9-10,22H,3-5,7-8H2,1-2H3,(H,20,23). The van der Waals surface area contributed by atoms with Crippen LogP contribution in [-0.2, 0) is 4.74 Å². The molecular formula is C16H21Cl3N2O3. The SMILES string of the molecule is CC1CN(CCCNC(=O)c2c(O)c(Cl)cc(Cl)c2Cl)CC(C)O1. The number of phenols is 1. The minimum Gasteiger partial charge on any atom is -0.505 e. The zero-order valence-corrected chi connectivity index (χ0v) is 15.9. The molecule has 0 radical (unpaired) electrons.